The summed E-state index contributed by atoms with van der Waals surface area (Å²) >= 11 is 0. The smallest absolute Gasteiger partial charge is 0.00988 e. The van der Waals surface area contributed by atoms with E-state index < -0.39 is 0 Å². The Morgan fingerprint density at radius 3 is 1.57 bits per heavy atom. The van der Waals surface area contributed by atoms with Crippen LogP contribution < -0.4 is 0 Å². The van der Waals surface area contributed by atoms with E-state index in [0.717, 1.165) is 0 Å². The molecule has 0 fully saturated rings. The van der Waals surface area contributed by atoms with Crippen LogP contribution in [0, 0.1) is 0 Å². The number of benzene rings is 4. The molecule has 4 rings (SSSR count). The molecule has 0 heteroatoms. The van der Waals surface area contributed by atoms with Crippen molar-refractivity contribution in [1.29, 1.82) is 0 Å². The van der Waals surface area contributed by atoms with E-state index in [0.29, 0.717) is 0 Å². The Morgan fingerprint density at radius 2 is 1.00 bits per heavy atom. The lowest BCUT2D eigenvalue weighted by Gasteiger charge is -2.26. The molecular weight excluding hydrogens is 336 g/mol. The summed E-state index contributed by atoms with van der Waals surface area (Å²) in [7, 11) is 0. The van der Waals surface area contributed by atoms with Gasteiger partial charge in [-0.3, -0.25) is 0 Å². The quantitative estimate of drug-likeness (QED) is 0.297. The van der Waals surface area contributed by atoms with Gasteiger partial charge in [-0.2, -0.15) is 0 Å². The topological polar surface area (TPSA) is 0 Å². The summed E-state index contributed by atoms with van der Waals surface area (Å²) in [6, 6.07) is 27.1. The fourth-order valence-electron chi connectivity index (χ4n) is 3.94. The predicted octanol–water partition coefficient (Wildman–Crippen LogP) is 8.26. The van der Waals surface area contributed by atoms with Gasteiger partial charge in [0.05, 0.1) is 0 Å². The summed E-state index contributed by atoms with van der Waals surface area (Å²) in [4.78, 5) is 0. The minimum atomic E-state index is 0.114. The molecule has 0 aliphatic heterocycles. The van der Waals surface area contributed by atoms with Gasteiger partial charge in [0.15, 0.2) is 0 Å². The zero-order chi connectivity index (χ0) is 20.1. The van der Waals surface area contributed by atoms with Gasteiger partial charge in [-0.1, -0.05) is 108 Å². The lowest BCUT2D eigenvalue weighted by atomic mass is 9.78. The van der Waals surface area contributed by atoms with E-state index in [1.165, 1.54) is 43.8 Å². The van der Waals surface area contributed by atoms with Crippen LogP contribution in [0.4, 0.5) is 0 Å². The number of rotatable bonds is 1. The molecule has 0 nitrogen and oxygen atoms in total. The molecule has 0 heterocycles. The second-order valence-corrected chi connectivity index (χ2v) is 9.99. The largest absolute Gasteiger partial charge is 0.0616 e. The monoisotopic (exact) mass is 366 g/mol. The van der Waals surface area contributed by atoms with Gasteiger partial charge in [0, 0.05) is 0 Å². The molecule has 0 bridgehead atoms. The van der Waals surface area contributed by atoms with E-state index in [9.17, 15) is 0 Å². The van der Waals surface area contributed by atoms with Gasteiger partial charge >= 0.3 is 0 Å². The van der Waals surface area contributed by atoms with E-state index in [4.69, 9.17) is 0 Å². The van der Waals surface area contributed by atoms with Crippen molar-refractivity contribution in [2.75, 3.05) is 0 Å². The summed E-state index contributed by atoms with van der Waals surface area (Å²) in [6.45, 7) is 13.8. The normalized spacial score (nSPS) is 12.6. The van der Waals surface area contributed by atoms with Crippen molar-refractivity contribution < 1.29 is 0 Å². The van der Waals surface area contributed by atoms with Gasteiger partial charge in [0.2, 0.25) is 0 Å². The van der Waals surface area contributed by atoms with Crippen LogP contribution in [-0.2, 0) is 10.8 Å². The van der Waals surface area contributed by atoms with Gasteiger partial charge < -0.3 is 0 Å². The molecule has 0 aromatic heterocycles. The van der Waals surface area contributed by atoms with Crippen molar-refractivity contribution in [3.8, 4) is 11.1 Å². The maximum Gasteiger partial charge on any atom is -0.00988 e. The van der Waals surface area contributed by atoms with E-state index in [1.807, 2.05) is 0 Å². The maximum atomic E-state index is 2.40. The first kappa shape index (κ1) is 18.7. The Labute approximate surface area is 169 Å². The van der Waals surface area contributed by atoms with E-state index in [-0.39, 0.29) is 10.8 Å². The molecule has 0 atom stereocenters. The van der Waals surface area contributed by atoms with E-state index in [1.54, 1.807) is 0 Å². The van der Waals surface area contributed by atoms with Crippen molar-refractivity contribution in [1.82, 2.24) is 0 Å². The number of hydrogen-bond acceptors (Lipinski definition) is 0. The Bertz CT molecular complexity index is 1130. The fraction of sp³-hybridized carbons (Fsp3) is 0.286. The second-order valence-electron chi connectivity index (χ2n) is 9.99. The van der Waals surface area contributed by atoms with E-state index in [2.05, 4.69) is 114 Å². The standard InChI is InChI=1S/C28H30/c1-27(2,3)21-15-20(16-22(18-21)28(4,5)6)26-17-19-11-7-8-12-23(19)24-13-9-10-14-25(24)26/h7-18H,1-6H3. The molecular formula is C28H30. The third-order valence-electron chi connectivity index (χ3n) is 5.74. The third kappa shape index (κ3) is 3.33. The second kappa shape index (κ2) is 6.48. The fourth-order valence-corrected chi connectivity index (χ4v) is 3.94. The summed E-state index contributed by atoms with van der Waals surface area (Å²) in [5, 5.41) is 5.28. The molecule has 4 aromatic carbocycles. The Hall–Kier alpha value is -2.60. The van der Waals surface area contributed by atoms with Crippen molar-refractivity contribution in [2.24, 2.45) is 0 Å². The first-order chi connectivity index (χ1) is 13.1. The molecule has 28 heavy (non-hydrogen) atoms. The molecule has 142 valence electrons. The minimum absolute atomic E-state index is 0.114. The zero-order valence-electron chi connectivity index (χ0n) is 17.9. The summed E-state index contributed by atoms with van der Waals surface area (Å²) < 4.78 is 0. The van der Waals surface area contributed by atoms with Crippen molar-refractivity contribution >= 4 is 21.5 Å². The molecule has 0 radical (unpaired) electrons. The maximum absolute atomic E-state index is 2.40. The van der Waals surface area contributed by atoms with Crippen LogP contribution in [0.3, 0.4) is 0 Å². The van der Waals surface area contributed by atoms with Gasteiger partial charge in [0.25, 0.3) is 0 Å². The SMILES string of the molecule is CC(C)(C)c1cc(-c2cc3ccccc3c3ccccc23)cc(C(C)(C)C)c1. The zero-order valence-corrected chi connectivity index (χ0v) is 17.9. The highest BCUT2D eigenvalue weighted by molar-refractivity contribution is 6.13. The molecule has 0 aliphatic rings. The van der Waals surface area contributed by atoms with Crippen LogP contribution in [0.15, 0.2) is 72.8 Å². The van der Waals surface area contributed by atoms with Crippen molar-refractivity contribution in [3.05, 3.63) is 83.9 Å². The summed E-state index contributed by atoms with van der Waals surface area (Å²) in [6.07, 6.45) is 0. The third-order valence-corrected chi connectivity index (χ3v) is 5.74. The van der Waals surface area contributed by atoms with Crippen LogP contribution >= 0.6 is 0 Å². The first-order valence-electron chi connectivity index (χ1n) is 10.2. The average molecular weight is 367 g/mol. The highest BCUT2D eigenvalue weighted by Crippen LogP contribution is 2.39. The molecule has 0 spiro atoms. The molecule has 0 saturated heterocycles. The predicted molar refractivity (Wildman–Crippen MR) is 124 cm³/mol. The lowest BCUT2D eigenvalue weighted by molar-refractivity contribution is 0.569. The van der Waals surface area contributed by atoms with Gasteiger partial charge in [-0.25, -0.2) is 0 Å². The molecule has 0 saturated carbocycles. The number of hydrogen-bond donors (Lipinski definition) is 0. The molecule has 4 aromatic rings. The van der Waals surface area contributed by atoms with Crippen LogP contribution in [0.1, 0.15) is 52.7 Å². The molecule has 0 unspecified atom stereocenters. The molecule has 0 aliphatic carbocycles. The molecule has 0 N–H and O–H groups in total. The number of fused-ring (bicyclic) bond motifs is 3. The highest BCUT2D eigenvalue weighted by Gasteiger charge is 2.21. The average Bonchev–Trinajstić information content (AvgIpc) is 2.65. The van der Waals surface area contributed by atoms with Crippen LogP contribution in [-0.4, -0.2) is 0 Å². The Kier molecular flexibility index (Phi) is 4.34. The van der Waals surface area contributed by atoms with Crippen LogP contribution in [0.25, 0.3) is 32.7 Å². The van der Waals surface area contributed by atoms with Gasteiger partial charge in [-0.15, -0.1) is 0 Å². The van der Waals surface area contributed by atoms with Gasteiger partial charge in [0.1, 0.15) is 0 Å². The first-order valence-corrected chi connectivity index (χ1v) is 10.2. The summed E-state index contributed by atoms with van der Waals surface area (Å²) in [5.41, 5.74) is 5.66. The summed E-state index contributed by atoms with van der Waals surface area (Å²) in [5.74, 6) is 0. The van der Waals surface area contributed by atoms with Gasteiger partial charge in [-0.05, 0) is 60.7 Å². The Morgan fingerprint density at radius 1 is 0.500 bits per heavy atom. The molecule has 0 amide bonds. The Balaban J connectivity index is 2.09. The minimum Gasteiger partial charge on any atom is -0.0616 e. The van der Waals surface area contributed by atoms with Crippen molar-refractivity contribution in [2.45, 2.75) is 52.4 Å². The van der Waals surface area contributed by atoms with Crippen LogP contribution in [0.5, 0.6) is 0 Å². The van der Waals surface area contributed by atoms with Crippen molar-refractivity contribution in [3.63, 3.8) is 0 Å². The van der Waals surface area contributed by atoms with Crippen LogP contribution in [0.2, 0.25) is 0 Å². The van der Waals surface area contributed by atoms with E-state index >= 15 is 0 Å². The lowest BCUT2D eigenvalue weighted by Crippen LogP contribution is -2.16. The highest BCUT2D eigenvalue weighted by atomic mass is 14.3.